The molecule has 2 aliphatic rings. The second kappa shape index (κ2) is 10.5. The highest BCUT2D eigenvalue weighted by molar-refractivity contribution is 5.87. The van der Waals surface area contributed by atoms with Crippen LogP contribution in [0.2, 0.25) is 0 Å². The Morgan fingerprint density at radius 3 is 2.34 bits per heavy atom. The van der Waals surface area contributed by atoms with Crippen LogP contribution in [0, 0.1) is 5.92 Å². The SMILES string of the molecule is CCC1(C(=O)O)CCCN1C(=O)CCC(C)CNC(=O)OCC1c2ccccc2-c2ccccc21. The summed E-state index contributed by atoms with van der Waals surface area (Å²) in [5, 5.41) is 12.5. The highest BCUT2D eigenvalue weighted by Crippen LogP contribution is 2.44. The molecule has 2 N–H and O–H groups in total. The van der Waals surface area contributed by atoms with E-state index in [9.17, 15) is 19.5 Å². The van der Waals surface area contributed by atoms with Crippen LogP contribution in [-0.2, 0) is 14.3 Å². The molecule has 0 saturated carbocycles. The van der Waals surface area contributed by atoms with Crippen molar-refractivity contribution in [2.45, 2.75) is 57.4 Å². The zero-order valence-electron chi connectivity index (χ0n) is 20.5. The minimum absolute atomic E-state index is 0.0109. The van der Waals surface area contributed by atoms with Crippen molar-refractivity contribution in [2.24, 2.45) is 5.92 Å². The maximum atomic E-state index is 12.8. The van der Waals surface area contributed by atoms with Gasteiger partial charge in [-0.15, -0.1) is 0 Å². The van der Waals surface area contributed by atoms with Crippen LogP contribution in [0.5, 0.6) is 0 Å². The van der Waals surface area contributed by atoms with Gasteiger partial charge in [0.25, 0.3) is 0 Å². The zero-order chi connectivity index (χ0) is 25.0. The molecule has 1 aliphatic carbocycles. The Morgan fingerprint density at radius 2 is 1.74 bits per heavy atom. The summed E-state index contributed by atoms with van der Waals surface area (Å²) in [5.41, 5.74) is 3.63. The smallest absolute Gasteiger partial charge is 0.407 e. The van der Waals surface area contributed by atoms with E-state index in [2.05, 4.69) is 29.6 Å². The van der Waals surface area contributed by atoms with E-state index in [1.807, 2.05) is 38.1 Å². The fourth-order valence-corrected chi connectivity index (χ4v) is 5.50. The molecule has 7 nitrogen and oxygen atoms in total. The fraction of sp³-hybridized carbons (Fsp3) is 0.464. The molecule has 2 unspecified atom stereocenters. The van der Waals surface area contributed by atoms with Crippen molar-refractivity contribution in [1.29, 1.82) is 0 Å². The summed E-state index contributed by atoms with van der Waals surface area (Å²) in [4.78, 5) is 38.5. The molecule has 186 valence electrons. The van der Waals surface area contributed by atoms with E-state index in [0.717, 1.165) is 0 Å². The van der Waals surface area contributed by atoms with E-state index in [4.69, 9.17) is 4.74 Å². The van der Waals surface area contributed by atoms with Gasteiger partial charge in [0.1, 0.15) is 12.1 Å². The highest BCUT2D eigenvalue weighted by atomic mass is 16.5. The topological polar surface area (TPSA) is 95.9 Å². The van der Waals surface area contributed by atoms with Crippen LogP contribution in [-0.4, -0.2) is 53.2 Å². The predicted molar refractivity (Wildman–Crippen MR) is 133 cm³/mol. The normalized spacial score (nSPS) is 19.7. The quantitative estimate of drug-likeness (QED) is 0.540. The number of ether oxygens (including phenoxy) is 1. The Hall–Kier alpha value is -3.35. The van der Waals surface area contributed by atoms with Crippen LogP contribution in [0.1, 0.15) is 63.0 Å². The lowest BCUT2D eigenvalue weighted by molar-refractivity contribution is -0.157. The van der Waals surface area contributed by atoms with E-state index in [1.54, 1.807) is 4.90 Å². The molecule has 4 rings (SSSR count). The first kappa shape index (κ1) is 24.8. The molecule has 2 atom stereocenters. The van der Waals surface area contributed by atoms with Gasteiger partial charge in [0.15, 0.2) is 0 Å². The summed E-state index contributed by atoms with van der Waals surface area (Å²) < 4.78 is 5.57. The summed E-state index contributed by atoms with van der Waals surface area (Å²) in [5.74, 6) is -0.977. The number of fused-ring (bicyclic) bond motifs is 3. The van der Waals surface area contributed by atoms with Crippen molar-refractivity contribution in [3.63, 3.8) is 0 Å². The van der Waals surface area contributed by atoms with Gasteiger partial charge in [0.05, 0.1) is 0 Å². The second-order valence-electron chi connectivity index (χ2n) is 9.69. The summed E-state index contributed by atoms with van der Waals surface area (Å²) in [6.45, 7) is 4.93. The third-order valence-corrected chi connectivity index (χ3v) is 7.56. The van der Waals surface area contributed by atoms with Gasteiger partial charge in [-0.1, -0.05) is 62.4 Å². The predicted octanol–water partition coefficient (Wildman–Crippen LogP) is 4.80. The number of alkyl carbamates (subject to hydrolysis) is 1. The van der Waals surface area contributed by atoms with Crippen molar-refractivity contribution >= 4 is 18.0 Å². The number of benzene rings is 2. The van der Waals surface area contributed by atoms with Gasteiger partial charge >= 0.3 is 12.1 Å². The average molecular weight is 479 g/mol. The van der Waals surface area contributed by atoms with Gasteiger partial charge in [0, 0.05) is 25.4 Å². The van der Waals surface area contributed by atoms with Crippen LogP contribution in [0.4, 0.5) is 4.79 Å². The summed E-state index contributed by atoms with van der Waals surface area (Å²) >= 11 is 0. The number of carboxylic acids is 1. The lowest BCUT2D eigenvalue weighted by Gasteiger charge is -2.34. The molecule has 1 heterocycles. The molecule has 2 aromatic carbocycles. The minimum atomic E-state index is -1.07. The number of likely N-dealkylation sites (tertiary alicyclic amines) is 1. The first-order valence-electron chi connectivity index (χ1n) is 12.5. The van der Waals surface area contributed by atoms with Gasteiger partial charge in [0.2, 0.25) is 5.91 Å². The maximum Gasteiger partial charge on any atom is 0.407 e. The molecule has 0 bridgehead atoms. The van der Waals surface area contributed by atoms with E-state index in [0.29, 0.717) is 38.8 Å². The summed E-state index contributed by atoms with van der Waals surface area (Å²) in [6.07, 6.45) is 1.99. The first-order chi connectivity index (χ1) is 16.9. The molecule has 2 amide bonds. The number of amides is 2. The average Bonchev–Trinajstić information content (AvgIpc) is 3.45. The molecule has 1 saturated heterocycles. The lowest BCUT2D eigenvalue weighted by Crippen LogP contribution is -2.52. The van der Waals surface area contributed by atoms with Crippen LogP contribution in [0.3, 0.4) is 0 Å². The Bertz CT molecular complexity index is 1050. The van der Waals surface area contributed by atoms with Crippen molar-refractivity contribution < 1.29 is 24.2 Å². The molecule has 2 aromatic rings. The van der Waals surface area contributed by atoms with Gasteiger partial charge in [-0.3, -0.25) is 4.79 Å². The van der Waals surface area contributed by atoms with Crippen molar-refractivity contribution in [1.82, 2.24) is 10.2 Å². The number of nitrogens with zero attached hydrogens (tertiary/aromatic N) is 1. The molecule has 0 spiro atoms. The largest absolute Gasteiger partial charge is 0.479 e. The van der Waals surface area contributed by atoms with Crippen LogP contribution < -0.4 is 5.32 Å². The van der Waals surface area contributed by atoms with Crippen LogP contribution in [0.25, 0.3) is 11.1 Å². The molecule has 7 heteroatoms. The number of hydrogen-bond acceptors (Lipinski definition) is 4. The van der Waals surface area contributed by atoms with E-state index < -0.39 is 17.6 Å². The lowest BCUT2D eigenvalue weighted by atomic mass is 9.92. The Morgan fingerprint density at radius 1 is 1.11 bits per heavy atom. The first-order valence-corrected chi connectivity index (χ1v) is 12.5. The number of hydrogen-bond donors (Lipinski definition) is 2. The number of rotatable bonds is 9. The minimum Gasteiger partial charge on any atom is -0.479 e. The molecular formula is C28H34N2O5. The maximum absolute atomic E-state index is 12.8. The molecule has 35 heavy (non-hydrogen) atoms. The van der Waals surface area contributed by atoms with E-state index in [1.165, 1.54) is 22.3 Å². The number of aliphatic carboxylic acids is 1. The van der Waals surface area contributed by atoms with Gasteiger partial charge < -0.3 is 20.1 Å². The van der Waals surface area contributed by atoms with Gasteiger partial charge in [-0.05, 0) is 53.9 Å². The fourth-order valence-electron chi connectivity index (χ4n) is 5.50. The van der Waals surface area contributed by atoms with Gasteiger partial charge in [-0.2, -0.15) is 0 Å². The van der Waals surface area contributed by atoms with Crippen molar-refractivity contribution in [3.8, 4) is 11.1 Å². The monoisotopic (exact) mass is 478 g/mol. The van der Waals surface area contributed by atoms with Crippen LogP contribution >= 0.6 is 0 Å². The number of carboxylic acid groups (broad SMARTS) is 1. The number of nitrogens with one attached hydrogen (secondary N) is 1. The molecule has 1 aliphatic heterocycles. The van der Waals surface area contributed by atoms with E-state index in [-0.39, 0.29) is 30.8 Å². The molecule has 1 fully saturated rings. The second-order valence-corrected chi connectivity index (χ2v) is 9.69. The summed E-state index contributed by atoms with van der Waals surface area (Å²) in [7, 11) is 0. The third-order valence-electron chi connectivity index (χ3n) is 7.56. The van der Waals surface area contributed by atoms with E-state index >= 15 is 0 Å². The number of carbonyl (C=O) groups is 3. The molecule has 0 aromatic heterocycles. The third kappa shape index (κ3) is 4.90. The van der Waals surface area contributed by atoms with Gasteiger partial charge in [-0.25, -0.2) is 9.59 Å². The highest BCUT2D eigenvalue weighted by Gasteiger charge is 2.48. The molecule has 0 radical (unpaired) electrons. The summed E-state index contributed by atoms with van der Waals surface area (Å²) in [6, 6.07) is 16.4. The molecular weight excluding hydrogens is 444 g/mol. The van der Waals surface area contributed by atoms with Crippen LogP contribution in [0.15, 0.2) is 48.5 Å². The Kier molecular flexibility index (Phi) is 7.43. The zero-order valence-corrected chi connectivity index (χ0v) is 20.5. The van der Waals surface area contributed by atoms with Crippen molar-refractivity contribution in [2.75, 3.05) is 19.7 Å². The van der Waals surface area contributed by atoms with Crippen molar-refractivity contribution in [3.05, 3.63) is 59.7 Å². The number of carbonyl (C=O) groups excluding carboxylic acids is 2. The Balaban J connectivity index is 1.24. The Labute approximate surface area is 206 Å². The standard InChI is InChI=1S/C28H34N2O5/c1-3-28(26(32)33)15-8-16-30(28)25(31)14-13-19(2)17-29-27(34)35-18-24-22-11-6-4-9-20(22)21-10-5-7-12-23(21)24/h4-7,9-12,19,24H,3,8,13-18H2,1-2H3,(H,29,34)(H,32,33).